The number of hydrogen-bond acceptors (Lipinski definition) is 9. The zero-order chi connectivity index (χ0) is 18.8. The molecule has 4 rings (SSSR count). The van der Waals surface area contributed by atoms with Gasteiger partial charge in [0.15, 0.2) is 0 Å². The van der Waals surface area contributed by atoms with Crippen LogP contribution in [-0.2, 0) is 0 Å². The van der Waals surface area contributed by atoms with Gasteiger partial charge in [-0.2, -0.15) is 5.26 Å². The maximum Gasteiger partial charge on any atom is 0.227 e. The highest BCUT2D eigenvalue weighted by atomic mass is 16.3. The largest absolute Gasteiger partial charge is 0.391 e. The van der Waals surface area contributed by atoms with Crippen molar-refractivity contribution in [3.63, 3.8) is 0 Å². The maximum atomic E-state index is 9.73. The Bertz CT molecular complexity index is 922. The summed E-state index contributed by atoms with van der Waals surface area (Å²) in [6, 6.07) is 5.78. The van der Waals surface area contributed by atoms with E-state index in [1.165, 1.54) is 0 Å². The molecule has 0 aliphatic carbocycles. The second-order valence-corrected chi connectivity index (χ2v) is 6.59. The van der Waals surface area contributed by atoms with Gasteiger partial charge in [0.2, 0.25) is 5.95 Å². The fourth-order valence-electron chi connectivity index (χ4n) is 3.20. The van der Waals surface area contributed by atoms with Crippen LogP contribution in [0.25, 0.3) is 11.3 Å². The number of hydrogen-bond donors (Lipinski definition) is 3. The zero-order valence-electron chi connectivity index (χ0n) is 14.9. The molecule has 9 heteroatoms. The van der Waals surface area contributed by atoms with Crippen molar-refractivity contribution >= 4 is 11.8 Å². The van der Waals surface area contributed by atoms with Crippen LogP contribution in [0.4, 0.5) is 11.8 Å². The van der Waals surface area contributed by atoms with Crippen LogP contribution >= 0.6 is 0 Å². The van der Waals surface area contributed by atoms with E-state index in [-0.39, 0.29) is 6.10 Å². The van der Waals surface area contributed by atoms with Crippen LogP contribution in [0.15, 0.2) is 36.4 Å². The number of nitrogens with zero attached hydrogens (tertiary/aromatic N) is 6. The van der Waals surface area contributed by atoms with Gasteiger partial charge in [-0.15, -0.1) is 0 Å². The number of rotatable bonds is 4. The van der Waals surface area contributed by atoms with Crippen LogP contribution in [0, 0.1) is 11.3 Å². The number of aromatic nitrogens is 3. The summed E-state index contributed by atoms with van der Waals surface area (Å²) < 4.78 is 0. The van der Waals surface area contributed by atoms with E-state index in [9.17, 15) is 10.4 Å². The van der Waals surface area contributed by atoms with Crippen LogP contribution in [0.1, 0.15) is 12.0 Å². The highest BCUT2D eigenvalue weighted by Crippen LogP contribution is 2.26. The molecule has 1 saturated heterocycles. The number of β-amino-alcohol motifs (C(OH)–C–C–N with tert-alkyl or cyclic N) is 1. The molecule has 3 N–H and O–H groups in total. The van der Waals surface area contributed by atoms with E-state index in [0.29, 0.717) is 49.1 Å². The monoisotopic (exact) mass is 364 g/mol. The molecule has 0 saturated carbocycles. The molecule has 2 aromatic heterocycles. The quantitative estimate of drug-likeness (QED) is 0.721. The predicted octanol–water partition coefficient (Wildman–Crippen LogP) is 0.685. The standard InChI is InChI=1S/C18H20N8O/c1-25-10-14(9-22-25)23-18-20-4-2-16(24-18)13-6-12(7-19)17(21-8-13)26-5-3-15(27)11-26/h2,4,6,8,10,15,22,27H,3,5,9,11H2,1H3,(H,20,23,24)/t15-/m0/s1. The highest BCUT2D eigenvalue weighted by molar-refractivity contribution is 5.66. The Hall–Kier alpha value is -3.22. The first kappa shape index (κ1) is 17.2. The molecule has 4 heterocycles. The third-order valence-corrected chi connectivity index (χ3v) is 4.54. The first-order chi connectivity index (χ1) is 13.1. The summed E-state index contributed by atoms with van der Waals surface area (Å²) in [5, 5.41) is 24.3. The van der Waals surface area contributed by atoms with Gasteiger partial charge in [-0.25, -0.2) is 20.4 Å². The van der Waals surface area contributed by atoms with Gasteiger partial charge in [0.1, 0.15) is 11.9 Å². The second-order valence-electron chi connectivity index (χ2n) is 6.59. The van der Waals surface area contributed by atoms with Crippen molar-refractivity contribution in [2.75, 3.05) is 36.9 Å². The molecular weight excluding hydrogens is 344 g/mol. The first-order valence-corrected chi connectivity index (χ1v) is 8.73. The van der Waals surface area contributed by atoms with E-state index in [2.05, 4.69) is 31.8 Å². The molecule has 0 unspecified atom stereocenters. The van der Waals surface area contributed by atoms with Gasteiger partial charge in [0.05, 0.1) is 29.6 Å². The Morgan fingerprint density at radius 3 is 3.00 bits per heavy atom. The summed E-state index contributed by atoms with van der Waals surface area (Å²) in [7, 11) is 1.92. The van der Waals surface area contributed by atoms with Crippen molar-refractivity contribution in [3.05, 3.63) is 42.0 Å². The Labute approximate surface area is 157 Å². The third kappa shape index (κ3) is 3.67. The van der Waals surface area contributed by atoms with Gasteiger partial charge < -0.3 is 20.3 Å². The summed E-state index contributed by atoms with van der Waals surface area (Å²) in [6.07, 6.45) is 5.64. The van der Waals surface area contributed by atoms with Gasteiger partial charge in [-0.3, -0.25) is 0 Å². The van der Waals surface area contributed by atoms with Crippen LogP contribution in [0.5, 0.6) is 0 Å². The number of aliphatic hydroxyl groups excluding tert-OH is 1. The number of nitriles is 1. The van der Waals surface area contributed by atoms with Crippen LogP contribution in [0.2, 0.25) is 0 Å². The SMILES string of the molecule is CN1C=C(Nc2nccc(-c3cnc(N4CC[C@H](O)C4)c(C#N)c3)n2)CN1. The van der Waals surface area contributed by atoms with Crippen molar-refractivity contribution in [2.45, 2.75) is 12.5 Å². The molecule has 27 heavy (non-hydrogen) atoms. The minimum absolute atomic E-state index is 0.369. The van der Waals surface area contributed by atoms with E-state index in [4.69, 9.17) is 0 Å². The van der Waals surface area contributed by atoms with Crippen LogP contribution in [0.3, 0.4) is 0 Å². The lowest BCUT2D eigenvalue weighted by atomic mass is 10.1. The molecule has 2 aromatic rings. The Morgan fingerprint density at radius 1 is 1.41 bits per heavy atom. The number of pyridine rings is 1. The van der Waals surface area contributed by atoms with E-state index >= 15 is 0 Å². The molecule has 9 nitrogen and oxygen atoms in total. The number of nitrogens with one attached hydrogen (secondary N) is 2. The normalized spacial score (nSPS) is 19.1. The molecule has 1 atom stereocenters. The average Bonchev–Trinajstić information content (AvgIpc) is 3.29. The van der Waals surface area contributed by atoms with E-state index in [1.807, 2.05) is 23.2 Å². The van der Waals surface area contributed by atoms with Crippen molar-refractivity contribution in [3.8, 4) is 17.3 Å². The molecule has 0 amide bonds. The molecule has 2 aliphatic rings. The lowest BCUT2D eigenvalue weighted by Gasteiger charge is -2.18. The molecule has 1 fully saturated rings. The van der Waals surface area contributed by atoms with Crippen LogP contribution < -0.4 is 15.6 Å². The first-order valence-electron chi connectivity index (χ1n) is 8.73. The number of anilines is 2. The fraction of sp³-hybridized carbons (Fsp3) is 0.333. The van der Waals surface area contributed by atoms with Crippen molar-refractivity contribution in [1.82, 2.24) is 25.4 Å². The Balaban J connectivity index is 1.59. The van der Waals surface area contributed by atoms with Gasteiger partial charge in [0.25, 0.3) is 0 Å². The lowest BCUT2D eigenvalue weighted by molar-refractivity contribution is 0.198. The van der Waals surface area contributed by atoms with E-state index in [1.54, 1.807) is 24.5 Å². The second kappa shape index (κ2) is 7.19. The number of aliphatic hydroxyl groups is 1. The van der Waals surface area contributed by atoms with Gasteiger partial charge in [0, 0.05) is 44.3 Å². The summed E-state index contributed by atoms with van der Waals surface area (Å²) in [6.45, 7) is 1.88. The highest BCUT2D eigenvalue weighted by Gasteiger charge is 2.24. The predicted molar refractivity (Wildman–Crippen MR) is 100 cm³/mol. The lowest BCUT2D eigenvalue weighted by Crippen LogP contribution is -2.24. The molecule has 138 valence electrons. The average molecular weight is 364 g/mol. The topological polar surface area (TPSA) is 113 Å². The van der Waals surface area contributed by atoms with Crippen molar-refractivity contribution in [1.29, 1.82) is 5.26 Å². The molecular formula is C18H20N8O. The Morgan fingerprint density at radius 2 is 2.30 bits per heavy atom. The van der Waals surface area contributed by atoms with Gasteiger partial charge >= 0.3 is 0 Å². The molecule has 0 radical (unpaired) electrons. The third-order valence-electron chi connectivity index (χ3n) is 4.54. The Kier molecular flexibility index (Phi) is 4.58. The van der Waals surface area contributed by atoms with E-state index < -0.39 is 0 Å². The number of hydrazine groups is 1. The van der Waals surface area contributed by atoms with Crippen molar-refractivity contribution in [2.24, 2.45) is 0 Å². The van der Waals surface area contributed by atoms with Crippen molar-refractivity contribution < 1.29 is 5.11 Å². The molecule has 0 spiro atoms. The summed E-state index contributed by atoms with van der Waals surface area (Å²) >= 11 is 0. The summed E-state index contributed by atoms with van der Waals surface area (Å²) in [4.78, 5) is 15.2. The van der Waals surface area contributed by atoms with Gasteiger partial charge in [-0.05, 0) is 18.6 Å². The maximum absolute atomic E-state index is 9.73. The summed E-state index contributed by atoms with van der Waals surface area (Å²) in [5.41, 5.74) is 6.01. The van der Waals surface area contributed by atoms with E-state index in [0.717, 1.165) is 11.3 Å². The zero-order valence-corrected chi connectivity index (χ0v) is 14.9. The molecule has 0 aromatic carbocycles. The molecule has 2 aliphatic heterocycles. The molecule has 0 bridgehead atoms. The minimum atomic E-state index is -0.369. The van der Waals surface area contributed by atoms with Crippen LogP contribution in [-0.4, -0.2) is 57.9 Å². The minimum Gasteiger partial charge on any atom is -0.391 e. The van der Waals surface area contributed by atoms with Gasteiger partial charge in [-0.1, -0.05) is 0 Å². The summed E-state index contributed by atoms with van der Waals surface area (Å²) in [5.74, 6) is 1.09. The fourth-order valence-corrected chi connectivity index (χ4v) is 3.20. The smallest absolute Gasteiger partial charge is 0.227 e.